The zero-order valence-electron chi connectivity index (χ0n) is 10.5. The largest absolute Gasteiger partial charge is 0.478 e. The Morgan fingerprint density at radius 3 is 2.81 bits per heavy atom. The van der Waals surface area contributed by atoms with Gasteiger partial charge in [-0.25, -0.2) is 22.3 Å². The fourth-order valence-electron chi connectivity index (χ4n) is 1.52. The first-order chi connectivity index (χ1) is 9.90. The molecule has 10 heteroatoms. The van der Waals surface area contributed by atoms with E-state index in [-0.39, 0.29) is 24.4 Å². The number of sulfonamides is 1. The average molecular weight is 315 g/mol. The van der Waals surface area contributed by atoms with Crippen LogP contribution in [0.2, 0.25) is 0 Å². The zero-order valence-corrected chi connectivity index (χ0v) is 11.3. The van der Waals surface area contributed by atoms with Crippen molar-refractivity contribution in [2.24, 2.45) is 0 Å². The molecule has 2 rings (SSSR count). The van der Waals surface area contributed by atoms with Gasteiger partial charge in [0.25, 0.3) is 0 Å². The summed E-state index contributed by atoms with van der Waals surface area (Å²) >= 11 is 0. The molecule has 0 spiro atoms. The van der Waals surface area contributed by atoms with E-state index >= 15 is 0 Å². The number of benzene rings is 1. The number of carbonyl (C=O) groups is 1. The van der Waals surface area contributed by atoms with Gasteiger partial charge in [-0.3, -0.25) is 0 Å². The lowest BCUT2D eigenvalue weighted by molar-refractivity contribution is 0.0696. The van der Waals surface area contributed by atoms with E-state index in [1.54, 1.807) is 0 Å². The van der Waals surface area contributed by atoms with Crippen molar-refractivity contribution in [3.05, 3.63) is 41.8 Å². The number of aromatic nitrogens is 2. The molecule has 21 heavy (non-hydrogen) atoms. The Morgan fingerprint density at radius 1 is 1.43 bits per heavy atom. The average Bonchev–Trinajstić information content (AvgIpc) is 2.91. The molecule has 0 aliphatic heterocycles. The number of nitrogens with one attached hydrogen (secondary N) is 1. The molecule has 1 heterocycles. The highest BCUT2D eigenvalue weighted by Crippen LogP contribution is 2.16. The number of rotatable bonds is 6. The van der Waals surface area contributed by atoms with Crippen LogP contribution in [0.1, 0.15) is 16.2 Å². The number of nitrogens with zero attached hydrogens (tertiary/aromatic N) is 2. The predicted molar refractivity (Wildman–Crippen MR) is 66.5 cm³/mol. The second-order valence-electron chi connectivity index (χ2n) is 3.95. The normalized spacial score (nSPS) is 11.5. The third-order valence-corrected chi connectivity index (χ3v) is 3.99. The quantitative estimate of drug-likeness (QED) is 0.792. The van der Waals surface area contributed by atoms with Gasteiger partial charge in [0.2, 0.25) is 16.4 Å². The fraction of sp³-hybridized carbons (Fsp3) is 0.182. The predicted octanol–water partition coefficient (Wildman–Crippen LogP) is 0.428. The minimum atomic E-state index is -4.17. The topological polar surface area (TPSA) is 122 Å². The van der Waals surface area contributed by atoms with Crippen molar-refractivity contribution in [2.45, 2.75) is 11.3 Å². The van der Waals surface area contributed by atoms with E-state index < -0.39 is 26.7 Å². The van der Waals surface area contributed by atoms with Crippen LogP contribution in [0.3, 0.4) is 0 Å². The monoisotopic (exact) mass is 315 g/mol. The molecule has 8 nitrogen and oxygen atoms in total. The molecule has 0 unspecified atom stereocenters. The molecule has 0 fully saturated rings. The SMILES string of the molecule is O=C(O)c1ccc(F)c(S(=O)(=O)NCCc2ncon2)c1. The molecule has 0 saturated heterocycles. The molecule has 1 aromatic carbocycles. The summed E-state index contributed by atoms with van der Waals surface area (Å²) in [4.78, 5) is 13.8. The summed E-state index contributed by atoms with van der Waals surface area (Å²) in [6.45, 7) is -0.0847. The molecular weight excluding hydrogens is 305 g/mol. The summed E-state index contributed by atoms with van der Waals surface area (Å²) in [5.74, 6) is -2.09. The molecule has 0 aliphatic carbocycles. The second-order valence-corrected chi connectivity index (χ2v) is 5.68. The lowest BCUT2D eigenvalue weighted by Gasteiger charge is -2.07. The van der Waals surface area contributed by atoms with E-state index in [1.807, 2.05) is 0 Å². The number of hydrogen-bond acceptors (Lipinski definition) is 6. The van der Waals surface area contributed by atoms with Crippen LogP contribution in [0, 0.1) is 5.82 Å². The van der Waals surface area contributed by atoms with Crippen LogP contribution < -0.4 is 4.72 Å². The Bertz CT molecular complexity index is 745. The van der Waals surface area contributed by atoms with Crippen LogP contribution in [0.15, 0.2) is 34.0 Å². The molecular formula is C11H10FN3O5S. The maximum absolute atomic E-state index is 13.6. The molecule has 2 aromatic rings. The van der Waals surface area contributed by atoms with E-state index in [0.717, 1.165) is 24.6 Å². The van der Waals surface area contributed by atoms with Gasteiger partial charge < -0.3 is 9.63 Å². The zero-order chi connectivity index (χ0) is 15.5. The summed E-state index contributed by atoms with van der Waals surface area (Å²) in [6, 6.07) is 2.53. The summed E-state index contributed by atoms with van der Waals surface area (Å²) in [7, 11) is -4.17. The van der Waals surface area contributed by atoms with E-state index in [4.69, 9.17) is 5.11 Å². The van der Waals surface area contributed by atoms with Crippen molar-refractivity contribution < 1.29 is 27.2 Å². The molecule has 0 radical (unpaired) electrons. The third kappa shape index (κ3) is 3.61. The van der Waals surface area contributed by atoms with Crippen molar-refractivity contribution in [2.75, 3.05) is 6.54 Å². The van der Waals surface area contributed by atoms with Gasteiger partial charge >= 0.3 is 5.97 Å². The van der Waals surface area contributed by atoms with Gasteiger partial charge in [-0.1, -0.05) is 5.16 Å². The van der Waals surface area contributed by atoms with Gasteiger partial charge in [0, 0.05) is 13.0 Å². The summed E-state index contributed by atoms with van der Waals surface area (Å²) in [6.07, 6.45) is 1.25. The lowest BCUT2D eigenvalue weighted by Crippen LogP contribution is -2.27. The standard InChI is InChI=1S/C11H10FN3O5S/c12-8-2-1-7(11(16)17)5-9(8)21(18,19)14-4-3-10-13-6-20-15-10/h1-2,5-6,14H,3-4H2,(H,16,17). The van der Waals surface area contributed by atoms with E-state index in [9.17, 15) is 17.6 Å². The van der Waals surface area contributed by atoms with Gasteiger partial charge in [-0.05, 0) is 18.2 Å². The van der Waals surface area contributed by atoms with E-state index in [2.05, 4.69) is 19.4 Å². The summed E-state index contributed by atoms with van der Waals surface area (Å²) in [5.41, 5.74) is -0.324. The Morgan fingerprint density at radius 2 is 2.19 bits per heavy atom. The Balaban J connectivity index is 2.15. The maximum atomic E-state index is 13.6. The Hall–Kier alpha value is -2.33. The molecule has 0 amide bonds. The minimum absolute atomic E-state index is 0.0847. The number of halogens is 1. The van der Waals surface area contributed by atoms with E-state index in [0.29, 0.717) is 0 Å². The summed E-state index contributed by atoms with van der Waals surface area (Å²) < 4.78 is 44.1. The Kier molecular flexibility index (Phi) is 4.29. The maximum Gasteiger partial charge on any atom is 0.335 e. The van der Waals surface area contributed by atoms with Gasteiger partial charge in [0.1, 0.15) is 10.7 Å². The highest BCUT2D eigenvalue weighted by Gasteiger charge is 2.20. The molecule has 0 saturated carbocycles. The first-order valence-electron chi connectivity index (χ1n) is 5.68. The van der Waals surface area contributed by atoms with Crippen molar-refractivity contribution >= 4 is 16.0 Å². The number of carboxylic acid groups (broad SMARTS) is 1. The number of hydrogen-bond donors (Lipinski definition) is 2. The first-order valence-corrected chi connectivity index (χ1v) is 7.16. The Labute approximate surface area is 118 Å². The van der Waals surface area contributed by atoms with Gasteiger partial charge in [0.05, 0.1) is 5.56 Å². The summed E-state index contributed by atoms with van der Waals surface area (Å²) in [5, 5.41) is 12.3. The van der Waals surface area contributed by atoms with Gasteiger partial charge in [-0.2, -0.15) is 4.98 Å². The van der Waals surface area contributed by atoms with Gasteiger partial charge in [0.15, 0.2) is 5.82 Å². The highest BCUT2D eigenvalue weighted by atomic mass is 32.2. The van der Waals surface area contributed by atoms with Crippen molar-refractivity contribution in [1.82, 2.24) is 14.9 Å². The van der Waals surface area contributed by atoms with Crippen LogP contribution in [-0.2, 0) is 16.4 Å². The third-order valence-electron chi connectivity index (χ3n) is 2.52. The molecule has 0 aliphatic rings. The van der Waals surface area contributed by atoms with E-state index in [1.165, 1.54) is 0 Å². The minimum Gasteiger partial charge on any atom is -0.478 e. The fourth-order valence-corrected chi connectivity index (χ4v) is 2.65. The molecule has 2 N–H and O–H groups in total. The van der Waals surface area contributed by atoms with Crippen molar-refractivity contribution in [3.63, 3.8) is 0 Å². The van der Waals surface area contributed by atoms with Crippen LogP contribution in [0.25, 0.3) is 0 Å². The molecule has 0 bridgehead atoms. The number of carboxylic acids is 1. The highest BCUT2D eigenvalue weighted by molar-refractivity contribution is 7.89. The van der Waals surface area contributed by atoms with Crippen molar-refractivity contribution in [1.29, 1.82) is 0 Å². The lowest BCUT2D eigenvalue weighted by atomic mass is 10.2. The second kappa shape index (κ2) is 5.97. The molecule has 0 atom stereocenters. The first kappa shape index (κ1) is 15.1. The van der Waals surface area contributed by atoms with Crippen molar-refractivity contribution in [3.8, 4) is 0 Å². The van der Waals surface area contributed by atoms with Crippen LogP contribution >= 0.6 is 0 Å². The molecule has 1 aromatic heterocycles. The molecule has 112 valence electrons. The number of aromatic carboxylic acids is 1. The van der Waals surface area contributed by atoms with Crippen LogP contribution in [0.4, 0.5) is 4.39 Å². The van der Waals surface area contributed by atoms with Gasteiger partial charge in [-0.15, -0.1) is 0 Å². The van der Waals surface area contributed by atoms with Crippen LogP contribution in [-0.4, -0.2) is 36.2 Å². The van der Waals surface area contributed by atoms with Crippen LogP contribution in [0.5, 0.6) is 0 Å². The smallest absolute Gasteiger partial charge is 0.335 e.